The highest BCUT2D eigenvalue weighted by atomic mass is 32.2. The number of aryl methyl sites for hydroxylation is 1. The molecule has 0 aromatic heterocycles. The molecule has 0 aliphatic rings. The van der Waals surface area contributed by atoms with E-state index >= 15 is 0 Å². The van der Waals surface area contributed by atoms with Crippen molar-refractivity contribution in [3.63, 3.8) is 0 Å². The van der Waals surface area contributed by atoms with Gasteiger partial charge < -0.3 is 9.47 Å². The van der Waals surface area contributed by atoms with Gasteiger partial charge in [0.05, 0.1) is 22.2 Å². The van der Waals surface area contributed by atoms with Gasteiger partial charge in [0.15, 0.2) is 0 Å². The third-order valence-corrected chi connectivity index (χ3v) is 7.91. The van der Waals surface area contributed by atoms with Gasteiger partial charge in [0.2, 0.25) is 0 Å². The number of hydrazone groups is 1. The standard InChI is InChI=1S/C35H27N3O7S/c1-24-12-20-31(21-13-24)46(42,43)38-29-17-14-25(15-18-29)33(39)37-36-23-28-16-19-30(44-34(40)26-8-4-2-5-9-26)22-32(28)45-35(41)27-10-6-3-7-11-27/h2-23,38H,1H3,(H,37,39)/b36-23+. The quantitative estimate of drug-likeness (QED) is 0.0832. The van der Waals surface area contributed by atoms with Crippen molar-refractivity contribution in [3.8, 4) is 11.5 Å². The molecule has 0 atom stereocenters. The first-order valence-electron chi connectivity index (χ1n) is 13.9. The van der Waals surface area contributed by atoms with Crippen LogP contribution in [0.3, 0.4) is 0 Å². The van der Waals surface area contributed by atoms with Crippen molar-refractivity contribution in [2.24, 2.45) is 5.10 Å². The number of hydrogen-bond donors (Lipinski definition) is 2. The van der Waals surface area contributed by atoms with Gasteiger partial charge in [-0.15, -0.1) is 0 Å². The third kappa shape index (κ3) is 8.10. The molecule has 230 valence electrons. The summed E-state index contributed by atoms with van der Waals surface area (Å²) in [6.45, 7) is 1.86. The first-order valence-corrected chi connectivity index (χ1v) is 15.4. The monoisotopic (exact) mass is 633 g/mol. The highest BCUT2D eigenvalue weighted by Crippen LogP contribution is 2.26. The van der Waals surface area contributed by atoms with Crippen molar-refractivity contribution < 1.29 is 32.3 Å². The smallest absolute Gasteiger partial charge is 0.343 e. The van der Waals surface area contributed by atoms with E-state index in [1.54, 1.807) is 72.8 Å². The summed E-state index contributed by atoms with van der Waals surface area (Å²) in [5.74, 6) is -1.65. The minimum Gasteiger partial charge on any atom is -0.423 e. The van der Waals surface area contributed by atoms with Crippen LogP contribution in [-0.2, 0) is 10.0 Å². The first kappa shape index (κ1) is 31.4. The van der Waals surface area contributed by atoms with Crippen LogP contribution >= 0.6 is 0 Å². The largest absolute Gasteiger partial charge is 0.423 e. The molecule has 2 N–H and O–H groups in total. The number of sulfonamides is 1. The van der Waals surface area contributed by atoms with E-state index in [2.05, 4.69) is 15.2 Å². The number of amides is 1. The van der Waals surface area contributed by atoms with Crippen molar-refractivity contribution in [1.82, 2.24) is 5.43 Å². The number of nitrogens with zero attached hydrogens (tertiary/aromatic N) is 1. The number of anilines is 1. The van der Waals surface area contributed by atoms with Crippen molar-refractivity contribution in [2.75, 3.05) is 4.72 Å². The van der Waals surface area contributed by atoms with Gasteiger partial charge in [-0.2, -0.15) is 5.10 Å². The van der Waals surface area contributed by atoms with E-state index < -0.39 is 27.9 Å². The van der Waals surface area contributed by atoms with Crippen LogP contribution in [0.15, 0.2) is 137 Å². The topological polar surface area (TPSA) is 140 Å². The van der Waals surface area contributed by atoms with E-state index in [9.17, 15) is 22.8 Å². The molecule has 0 saturated carbocycles. The second kappa shape index (κ2) is 14.1. The molecule has 5 aromatic carbocycles. The van der Waals surface area contributed by atoms with Gasteiger partial charge in [0.25, 0.3) is 15.9 Å². The Morgan fingerprint density at radius 3 is 1.87 bits per heavy atom. The summed E-state index contributed by atoms with van der Waals surface area (Å²) in [5, 5.41) is 3.99. The van der Waals surface area contributed by atoms with Crippen LogP contribution in [-0.4, -0.2) is 32.5 Å². The number of carbonyl (C=O) groups is 3. The summed E-state index contributed by atoms with van der Waals surface area (Å²) in [7, 11) is -3.80. The molecule has 46 heavy (non-hydrogen) atoms. The number of esters is 2. The molecule has 0 heterocycles. The zero-order chi connectivity index (χ0) is 32.5. The molecule has 0 spiro atoms. The Balaban J connectivity index is 1.28. The van der Waals surface area contributed by atoms with E-state index in [0.717, 1.165) is 5.56 Å². The average Bonchev–Trinajstić information content (AvgIpc) is 3.06. The molecule has 0 saturated heterocycles. The second-order valence-corrected chi connectivity index (χ2v) is 11.6. The number of hydrogen-bond acceptors (Lipinski definition) is 8. The number of benzene rings is 5. The Morgan fingerprint density at radius 2 is 1.26 bits per heavy atom. The molecule has 1 amide bonds. The number of carbonyl (C=O) groups excluding carboxylic acids is 3. The Morgan fingerprint density at radius 1 is 0.674 bits per heavy atom. The van der Waals surface area contributed by atoms with E-state index in [4.69, 9.17) is 9.47 Å². The summed E-state index contributed by atoms with van der Waals surface area (Å²) >= 11 is 0. The lowest BCUT2D eigenvalue weighted by Gasteiger charge is -2.11. The Hall–Kier alpha value is -6.07. The zero-order valence-corrected chi connectivity index (χ0v) is 25.2. The van der Waals surface area contributed by atoms with E-state index in [1.807, 2.05) is 6.92 Å². The van der Waals surface area contributed by atoms with Crippen LogP contribution in [0, 0.1) is 6.92 Å². The first-order chi connectivity index (χ1) is 22.2. The number of rotatable bonds is 10. The summed E-state index contributed by atoms with van der Waals surface area (Å²) in [6, 6.07) is 33.4. The van der Waals surface area contributed by atoms with Gasteiger partial charge in [-0.3, -0.25) is 9.52 Å². The summed E-state index contributed by atoms with van der Waals surface area (Å²) in [6.07, 6.45) is 1.28. The van der Waals surface area contributed by atoms with Crippen molar-refractivity contribution in [3.05, 3.63) is 155 Å². The van der Waals surface area contributed by atoms with Gasteiger partial charge in [-0.05, 0) is 79.7 Å². The Bertz CT molecular complexity index is 2000. The normalized spacial score (nSPS) is 11.1. The predicted octanol–water partition coefficient (Wildman–Crippen LogP) is 6.00. The van der Waals surface area contributed by atoms with Gasteiger partial charge in [-0.1, -0.05) is 54.1 Å². The molecule has 5 rings (SSSR count). The molecule has 0 radical (unpaired) electrons. The van der Waals surface area contributed by atoms with Gasteiger partial charge in [0.1, 0.15) is 11.5 Å². The molecule has 11 heteroatoms. The maximum atomic E-state index is 12.8. The minimum absolute atomic E-state index is 0.0374. The fraction of sp³-hybridized carbons (Fsp3) is 0.0286. The summed E-state index contributed by atoms with van der Waals surface area (Å²) in [4.78, 5) is 38.2. The molecule has 0 fully saturated rings. The maximum absolute atomic E-state index is 12.8. The summed E-state index contributed by atoms with van der Waals surface area (Å²) < 4.78 is 38.9. The fourth-order valence-electron chi connectivity index (χ4n) is 4.09. The van der Waals surface area contributed by atoms with Crippen LogP contribution in [0.5, 0.6) is 11.5 Å². The van der Waals surface area contributed by atoms with E-state index in [0.29, 0.717) is 16.7 Å². The van der Waals surface area contributed by atoms with Gasteiger partial charge in [0, 0.05) is 22.9 Å². The number of ether oxygens (including phenoxy) is 2. The van der Waals surface area contributed by atoms with Crippen LogP contribution in [0.2, 0.25) is 0 Å². The summed E-state index contributed by atoms with van der Waals surface area (Å²) in [5.41, 5.74) is 4.77. The molecule has 0 aliphatic carbocycles. The third-order valence-electron chi connectivity index (χ3n) is 6.52. The molecule has 0 unspecified atom stereocenters. The zero-order valence-electron chi connectivity index (χ0n) is 24.4. The van der Waals surface area contributed by atoms with Crippen LogP contribution in [0.25, 0.3) is 0 Å². The van der Waals surface area contributed by atoms with Crippen molar-refractivity contribution in [2.45, 2.75) is 11.8 Å². The van der Waals surface area contributed by atoms with Gasteiger partial charge >= 0.3 is 11.9 Å². The van der Waals surface area contributed by atoms with Crippen molar-refractivity contribution in [1.29, 1.82) is 0 Å². The lowest BCUT2D eigenvalue weighted by Crippen LogP contribution is -2.18. The second-order valence-electron chi connectivity index (χ2n) is 9.91. The Labute approximate surface area is 265 Å². The van der Waals surface area contributed by atoms with Gasteiger partial charge in [-0.25, -0.2) is 23.4 Å². The predicted molar refractivity (Wildman–Crippen MR) is 173 cm³/mol. The number of nitrogens with one attached hydrogen (secondary N) is 2. The molecule has 0 bridgehead atoms. The maximum Gasteiger partial charge on any atom is 0.343 e. The average molecular weight is 634 g/mol. The lowest BCUT2D eigenvalue weighted by molar-refractivity contribution is 0.0731. The van der Waals surface area contributed by atoms with Crippen molar-refractivity contribution >= 4 is 39.8 Å². The lowest BCUT2D eigenvalue weighted by atomic mass is 10.2. The van der Waals surface area contributed by atoms with E-state index in [1.165, 1.54) is 60.8 Å². The van der Waals surface area contributed by atoms with Crippen LogP contribution in [0.4, 0.5) is 5.69 Å². The molecular weight excluding hydrogens is 606 g/mol. The molecule has 5 aromatic rings. The van der Waals surface area contributed by atoms with E-state index in [-0.39, 0.29) is 27.6 Å². The molecule has 10 nitrogen and oxygen atoms in total. The highest BCUT2D eigenvalue weighted by molar-refractivity contribution is 7.92. The molecule has 0 aliphatic heterocycles. The van der Waals surface area contributed by atoms with Crippen LogP contribution in [0.1, 0.15) is 42.2 Å². The highest BCUT2D eigenvalue weighted by Gasteiger charge is 2.16. The Kier molecular flexibility index (Phi) is 9.64. The minimum atomic E-state index is -3.80. The fourth-order valence-corrected chi connectivity index (χ4v) is 5.15. The molecular formula is C35H27N3O7S. The van der Waals surface area contributed by atoms with Crippen LogP contribution < -0.4 is 19.6 Å². The SMILES string of the molecule is Cc1ccc(S(=O)(=O)Nc2ccc(C(=O)N/N=C/c3ccc(OC(=O)c4ccccc4)cc3OC(=O)c3ccccc3)cc2)cc1.